The van der Waals surface area contributed by atoms with Gasteiger partial charge in [-0.3, -0.25) is 4.98 Å². The van der Waals surface area contributed by atoms with Crippen molar-refractivity contribution >= 4 is 27.3 Å². The molecule has 0 saturated heterocycles. The summed E-state index contributed by atoms with van der Waals surface area (Å²) < 4.78 is 1.01. The van der Waals surface area contributed by atoms with Gasteiger partial charge in [-0.25, -0.2) is 0 Å². The van der Waals surface area contributed by atoms with E-state index in [-0.39, 0.29) is 6.04 Å². The Morgan fingerprint density at radius 2 is 2.25 bits per heavy atom. The van der Waals surface area contributed by atoms with Crippen molar-refractivity contribution in [3.63, 3.8) is 0 Å². The van der Waals surface area contributed by atoms with E-state index >= 15 is 0 Å². The highest BCUT2D eigenvalue weighted by Crippen LogP contribution is 2.28. The third-order valence-corrected chi connectivity index (χ3v) is 3.85. The molecule has 0 spiro atoms. The summed E-state index contributed by atoms with van der Waals surface area (Å²) in [6, 6.07) is 4.49. The van der Waals surface area contributed by atoms with E-state index in [9.17, 15) is 0 Å². The average Bonchev–Trinajstić information content (AvgIpc) is 2.67. The smallest absolute Gasteiger partial charge is 0.0600 e. The van der Waals surface area contributed by atoms with Gasteiger partial charge < -0.3 is 5.32 Å². The number of hydrogen-bond donors (Lipinski definition) is 1. The molecule has 0 aliphatic carbocycles. The van der Waals surface area contributed by atoms with Crippen LogP contribution < -0.4 is 5.32 Å². The molecular weight excluding hydrogens is 284 g/mol. The van der Waals surface area contributed by atoms with Gasteiger partial charge in [-0.1, -0.05) is 0 Å². The van der Waals surface area contributed by atoms with Gasteiger partial charge in [0.25, 0.3) is 0 Å². The van der Waals surface area contributed by atoms with Gasteiger partial charge in [-0.05, 0) is 58.5 Å². The zero-order valence-corrected chi connectivity index (χ0v) is 11.6. The zero-order valence-electron chi connectivity index (χ0n) is 9.20. The van der Waals surface area contributed by atoms with E-state index in [4.69, 9.17) is 0 Å². The molecule has 1 unspecified atom stereocenters. The average molecular weight is 297 g/mol. The number of pyridine rings is 1. The molecule has 1 atom stereocenters. The second-order valence-electron chi connectivity index (χ2n) is 3.59. The molecule has 16 heavy (non-hydrogen) atoms. The Kier molecular flexibility index (Phi) is 3.74. The molecule has 2 aromatic rings. The van der Waals surface area contributed by atoms with Gasteiger partial charge in [0, 0.05) is 21.7 Å². The third-order valence-electron chi connectivity index (χ3n) is 2.56. The van der Waals surface area contributed by atoms with E-state index in [2.05, 4.69) is 50.7 Å². The Morgan fingerprint density at radius 3 is 2.81 bits per heavy atom. The lowest BCUT2D eigenvalue weighted by molar-refractivity contribution is 0.687. The first-order valence-corrected chi connectivity index (χ1v) is 6.71. The van der Waals surface area contributed by atoms with Crippen LogP contribution in [0.2, 0.25) is 0 Å². The van der Waals surface area contributed by atoms with Crippen molar-refractivity contribution in [1.29, 1.82) is 0 Å². The number of thiophene rings is 1. The van der Waals surface area contributed by atoms with E-state index < -0.39 is 0 Å². The summed E-state index contributed by atoms with van der Waals surface area (Å²) in [5.74, 6) is 0. The summed E-state index contributed by atoms with van der Waals surface area (Å²) in [5.41, 5.74) is 2.51. The standard InChI is InChI=1S/C12H13BrN2S/c1-8-11(3-4-16-8)12(14-2)9-5-10(13)7-15-6-9/h3-7,12,14H,1-2H3. The molecule has 4 heteroatoms. The summed E-state index contributed by atoms with van der Waals surface area (Å²) >= 11 is 5.23. The van der Waals surface area contributed by atoms with Crippen molar-refractivity contribution in [2.45, 2.75) is 13.0 Å². The van der Waals surface area contributed by atoms with E-state index in [1.807, 2.05) is 13.2 Å². The third kappa shape index (κ3) is 2.34. The van der Waals surface area contributed by atoms with Gasteiger partial charge in [-0.15, -0.1) is 11.3 Å². The van der Waals surface area contributed by atoms with Gasteiger partial charge in [0.05, 0.1) is 6.04 Å². The fraction of sp³-hybridized carbons (Fsp3) is 0.250. The Bertz CT molecular complexity index is 481. The Balaban J connectivity index is 2.40. The van der Waals surface area contributed by atoms with Crippen LogP contribution in [0.25, 0.3) is 0 Å². The lowest BCUT2D eigenvalue weighted by Gasteiger charge is -2.16. The summed E-state index contributed by atoms with van der Waals surface area (Å²) in [6.45, 7) is 2.15. The lowest BCUT2D eigenvalue weighted by atomic mass is 10.0. The minimum Gasteiger partial charge on any atom is -0.309 e. The highest BCUT2D eigenvalue weighted by Gasteiger charge is 2.15. The normalized spacial score (nSPS) is 12.7. The molecule has 2 heterocycles. The molecule has 0 aliphatic rings. The minimum atomic E-state index is 0.219. The van der Waals surface area contributed by atoms with Crippen LogP contribution in [0.1, 0.15) is 22.0 Å². The molecule has 84 valence electrons. The summed E-state index contributed by atoms with van der Waals surface area (Å²) in [4.78, 5) is 5.56. The monoisotopic (exact) mass is 296 g/mol. The first-order chi connectivity index (χ1) is 7.72. The van der Waals surface area contributed by atoms with Gasteiger partial charge in [0.15, 0.2) is 0 Å². The van der Waals surface area contributed by atoms with Crippen LogP contribution in [0.3, 0.4) is 0 Å². The van der Waals surface area contributed by atoms with Gasteiger partial charge in [0.1, 0.15) is 0 Å². The summed E-state index contributed by atoms with van der Waals surface area (Å²) in [6.07, 6.45) is 3.71. The van der Waals surface area contributed by atoms with Crippen molar-refractivity contribution in [3.8, 4) is 0 Å². The lowest BCUT2D eigenvalue weighted by Crippen LogP contribution is -2.17. The fourth-order valence-corrected chi connectivity index (χ4v) is 2.91. The highest BCUT2D eigenvalue weighted by atomic mass is 79.9. The van der Waals surface area contributed by atoms with E-state index in [1.54, 1.807) is 17.5 Å². The fourth-order valence-electron chi connectivity index (χ4n) is 1.78. The Hall–Kier alpha value is -0.710. The molecule has 1 N–H and O–H groups in total. The number of rotatable bonds is 3. The van der Waals surface area contributed by atoms with Crippen molar-refractivity contribution < 1.29 is 0 Å². The van der Waals surface area contributed by atoms with Crippen LogP contribution in [0, 0.1) is 6.92 Å². The highest BCUT2D eigenvalue weighted by molar-refractivity contribution is 9.10. The number of halogens is 1. The van der Waals surface area contributed by atoms with Crippen LogP contribution >= 0.6 is 27.3 Å². The number of nitrogens with zero attached hydrogens (tertiary/aromatic N) is 1. The van der Waals surface area contributed by atoms with E-state index in [0.29, 0.717) is 0 Å². The molecule has 0 bridgehead atoms. The molecule has 0 radical (unpaired) electrons. The van der Waals surface area contributed by atoms with Crippen LogP contribution in [-0.4, -0.2) is 12.0 Å². The maximum atomic E-state index is 4.21. The molecule has 0 amide bonds. The number of aryl methyl sites for hydroxylation is 1. The Morgan fingerprint density at radius 1 is 1.44 bits per heavy atom. The minimum absolute atomic E-state index is 0.219. The van der Waals surface area contributed by atoms with Crippen molar-refractivity contribution in [3.05, 3.63) is 50.4 Å². The van der Waals surface area contributed by atoms with Crippen LogP contribution in [-0.2, 0) is 0 Å². The number of hydrogen-bond acceptors (Lipinski definition) is 3. The molecule has 2 nitrogen and oxygen atoms in total. The molecule has 0 saturated carbocycles. The second kappa shape index (κ2) is 5.08. The van der Waals surface area contributed by atoms with Crippen molar-refractivity contribution in [1.82, 2.24) is 10.3 Å². The maximum absolute atomic E-state index is 4.21. The first kappa shape index (κ1) is 11.8. The predicted molar refractivity (Wildman–Crippen MR) is 71.9 cm³/mol. The van der Waals surface area contributed by atoms with Crippen molar-refractivity contribution in [2.75, 3.05) is 7.05 Å². The van der Waals surface area contributed by atoms with Gasteiger partial charge in [-0.2, -0.15) is 0 Å². The first-order valence-electron chi connectivity index (χ1n) is 5.04. The maximum Gasteiger partial charge on any atom is 0.0600 e. The van der Waals surface area contributed by atoms with Crippen LogP contribution in [0.15, 0.2) is 34.4 Å². The van der Waals surface area contributed by atoms with E-state index in [1.165, 1.54) is 16.0 Å². The number of nitrogens with one attached hydrogen (secondary N) is 1. The van der Waals surface area contributed by atoms with Crippen molar-refractivity contribution in [2.24, 2.45) is 0 Å². The topological polar surface area (TPSA) is 24.9 Å². The molecule has 0 aromatic carbocycles. The molecule has 2 aromatic heterocycles. The second-order valence-corrected chi connectivity index (χ2v) is 5.63. The molecule has 0 fully saturated rings. The molecule has 2 rings (SSSR count). The SMILES string of the molecule is CNC(c1cncc(Br)c1)c1ccsc1C. The molecule has 0 aliphatic heterocycles. The predicted octanol–water partition coefficient (Wildman–Crippen LogP) is 3.52. The van der Waals surface area contributed by atoms with Crippen LogP contribution in [0.4, 0.5) is 0 Å². The van der Waals surface area contributed by atoms with E-state index in [0.717, 1.165) is 4.47 Å². The largest absolute Gasteiger partial charge is 0.309 e. The molecular formula is C12H13BrN2S. The zero-order chi connectivity index (χ0) is 11.5. The number of aromatic nitrogens is 1. The van der Waals surface area contributed by atoms with Crippen LogP contribution in [0.5, 0.6) is 0 Å². The van der Waals surface area contributed by atoms with Gasteiger partial charge >= 0.3 is 0 Å². The summed E-state index contributed by atoms with van der Waals surface area (Å²) in [5, 5.41) is 5.46. The summed E-state index contributed by atoms with van der Waals surface area (Å²) in [7, 11) is 1.97. The van der Waals surface area contributed by atoms with Gasteiger partial charge in [0.2, 0.25) is 0 Å². The quantitative estimate of drug-likeness (QED) is 0.937. The Labute approximate surface area is 108 Å².